The highest BCUT2D eigenvalue weighted by Gasteiger charge is 2.55. The largest absolute Gasteiger partial charge is 0.480 e. The maximum absolute atomic E-state index is 14.5. The molecule has 18 atom stereocenters. The van der Waals surface area contributed by atoms with E-state index in [1.54, 1.807) is 0 Å². The highest BCUT2D eigenvalue weighted by Crippen LogP contribution is 2.32. The van der Waals surface area contributed by atoms with Crippen LogP contribution in [-0.4, -0.2) is 406 Å². The topological polar surface area (TPSA) is 674 Å². The number of carboxylic acid groups (broad SMARTS) is 1. The molecule has 139 heavy (non-hydrogen) atoms. The number of hydrogen-bond acceptors (Lipinski definition) is 43. The molecule has 0 aromatic rings. The van der Waals surface area contributed by atoms with Crippen LogP contribution in [0.4, 0.5) is 0 Å². The Morgan fingerprint density at radius 3 is 0.777 bits per heavy atom. The van der Waals surface area contributed by atoms with Crippen LogP contribution in [0.1, 0.15) is 148 Å². The summed E-state index contributed by atoms with van der Waals surface area (Å²) in [6, 6.07) is -7.80. The molecule has 0 unspecified atom stereocenters. The normalized spacial score (nSPS) is 21.5. The number of esters is 9. The average molecular weight is 2000 g/mol. The van der Waals surface area contributed by atoms with Crippen LogP contribution >= 0.6 is 0 Å². The van der Waals surface area contributed by atoms with Gasteiger partial charge in [-0.05, 0) is 57.8 Å². The molecule has 10 N–H and O–H groups in total. The van der Waals surface area contributed by atoms with Gasteiger partial charge in [-0.15, -0.1) is 0 Å². The molecule has 0 aromatic heterocycles. The standard InChI is InChI=1S/C86H139N9O44/c1-50(96)87-23-17-16-22-65(83(114)115)95-82(113)64(21-15-19-25-89-70(110)48-123-36-33-117-27-30-120-39-42-126-85-73(91-52(3)98)79(135-61(12)107)76(132-58(9)104)67(138-85)45-129-55(6)101)94-81(112)63(93-71(111)49-124-37-34-118-28-31-121-40-43-127-86-74(92-53(4)99)80(136-62(13)108)77(133-59(10)105)68(139-86)46-130-56(7)102)20-14-18-24-88-69(109)47-122-35-32-116-26-29-119-38-41-125-84-72(90-51(2)97)78(134-60(11)106)75(131-57(8)103)66(137-84)44-128-54(5)100/h63-68,72-80,84-86H,14-49H2,1-13H3,(H,87,96)(H,88,109)(H,89,110)(H,90,97)(H,91,98)(H,92,99)(H,93,111)(H,94,112)(H,95,113)(H,114,115)/t63-,64-,65-,66+,67+,68+,72+,73+,74+,75-,76-,77-,78+,79+,80+,84+,85+,86+/m0/s1. The molecule has 0 bridgehead atoms. The molecule has 3 rings (SSSR count). The van der Waals surface area contributed by atoms with Gasteiger partial charge < -0.3 is 167 Å². The molecule has 0 saturated carbocycles. The fourth-order valence-electron chi connectivity index (χ4n) is 13.6. The number of carbonyl (C=O) groups excluding carboxylic acids is 18. The minimum absolute atomic E-state index is 0.00764. The second-order valence-corrected chi connectivity index (χ2v) is 31.4. The van der Waals surface area contributed by atoms with Crippen LogP contribution in [-0.2, 0) is 205 Å². The lowest BCUT2D eigenvalue weighted by molar-refractivity contribution is -0.279. The third-order valence-corrected chi connectivity index (χ3v) is 19.4. The van der Waals surface area contributed by atoms with E-state index in [1.807, 2.05) is 0 Å². The SMILES string of the molecule is CC(=O)NCCCC[C@H](NC(=O)[C@H](CCCCNC(=O)COCCOCCOCCO[C@@H]1O[C@H](COC(C)=O)[C@H](OC(C)=O)[C@H](OC(C)=O)[C@H]1NC(C)=O)NC(=O)[C@H](CCCCNC(=O)COCCOCCOCCO[C@@H]1O[C@H](COC(C)=O)[C@H](OC(C)=O)[C@H](OC(C)=O)[C@H]1NC(C)=O)NC(=O)COCCOCCOCCO[C@@H]1O[C@H](COC(C)=O)[C@H](OC(C)=O)[C@H](OC(C)=O)[C@H]1NC(C)=O)C(=O)O. The predicted octanol–water partition coefficient (Wildman–Crippen LogP) is -4.43. The Bertz CT molecular complexity index is 3830. The number of aliphatic carboxylic acids is 1. The molecule has 3 aliphatic rings. The summed E-state index contributed by atoms with van der Waals surface area (Å²) in [5.41, 5.74) is 0. The fraction of sp³-hybridized carbons (Fsp3) is 0.779. The first-order chi connectivity index (χ1) is 66.1. The van der Waals surface area contributed by atoms with Crippen molar-refractivity contribution in [2.24, 2.45) is 0 Å². The molecule has 792 valence electrons. The van der Waals surface area contributed by atoms with E-state index in [0.717, 1.165) is 62.3 Å². The second-order valence-electron chi connectivity index (χ2n) is 31.4. The van der Waals surface area contributed by atoms with E-state index in [0.29, 0.717) is 6.42 Å². The highest BCUT2D eigenvalue weighted by molar-refractivity contribution is 5.93. The van der Waals surface area contributed by atoms with Crippen LogP contribution < -0.4 is 47.9 Å². The van der Waals surface area contributed by atoms with E-state index in [2.05, 4.69) is 47.9 Å². The Morgan fingerprint density at radius 1 is 0.266 bits per heavy atom. The highest BCUT2D eigenvalue weighted by atomic mass is 16.7. The Labute approximate surface area is 803 Å². The molecule has 0 aliphatic carbocycles. The number of amides is 9. The summed E-state index contributed by atoms with van der Waals surface area (Å²) >= 11 is 0. The summed E-state index contributed by atoms with van der Waals surface area (Å²) in [6.07, 6.45) is -14.3. The number of rotatable bonds is 72. The van der Waals surface area contributed by atoms with E-state index in [4.69, 9.17) is 114 Å². The Kier molecular flexibility index (Phi) is 62.5. The van der Waals surface area contributed by atoms with E-state index in [1.165, 1.54) is 27.7 Å². The zero-order valence-electron chi connectivity index (χ0n) is 80.9. The molecule has 3 fully saturated rings. The molecular formula is C86H139N9O44. The lowest BCUT2D eigenvalue weighted by Gasteiger charge is -2.44. The molecule has 3 saturated heterocycles. The van der Waals surface area contributed by atoms with Crippen molar-refractivity contribution in [2.45, 2.75) is 258 Å². The maximum atomic E-state index is 14.5. The number of nitrogens with one attached hydrogen (secondary N) is 9. The summed E-state index contributed by atoms with van der Waals surface area (Å²) in [6.45, 7) is 12.3. The molecule has 53 nitrogen and oxygen atoms in total. The zero-order valence-corrected chi connectivity index (χ0v) is 80.9. The van der Waals surface area contributed by atoms with Crippen LogP contribution in [0.5, 0.6) is 0 Å². The van der Waals surface area contributed by atoms with Crippen LogP contribution in [0.3, 0.4) is 0 Å². The van der Waals surface area contributed by atoms with Crippen LogP contribution in [0.25, 0.3) is 0 Å². The summed E-state index contributed by atoms with van der Waals surface area (Å²) < 4.78 is 134. The van der Waals surface area contributed by atoms with Crippen LogP contribution in [0.15, 0.2) is 0 Å². The van der Waals surface area contributed by atoms with E-state index in [9.17, 15) is 96.2 Å². The van der Waals surface area contributed by atoms with Gasteiger partial charge in [-0.3, -0.25) is 86.3 Å². The lowest BCUT2D eigenvalue weighted by atomic mass is 9.96. The minimum atomic E-state index is -1.45. The van der Waals surface area contributed by atoms with Crippen molar-refractivity contribution in [1.82, 2.24) is 47.9 Å². The molecule has 9 amide bonds. The number of ether oxygens (including phenoxy) is 24. The van der Waals surface area contributed by atoms with Gasteiger partial charge in [-0.25, -0.2) is 4.79 Å². The lowest BCUT2D eigenvalue weighted by Crippen LogP contribution is -2.66. The predicted molar refractivity (Wildman–Crippen MR) is 467 cm³/mol. The number of carbonyl (C=O) groups is 19. The van der Waals surface area contributed by atoms with Gasteiger partial charge in [0, 0.05) is 110 Å². The second kappa shape index (κ2) is 70.9. The van der Waals surface area contributed by atoms with Crippen molar-refractivity contribution in [2.75, 3.05) is 178 Å². The van der Waals surface area contributed by atoms with Gasteiger partial charge in [0.1, 0.15) is 94.2 Å². The summed E-state index contributed by atoms with van der Waals surface area (Å²) in [5.74, 6) is -13.7. The van der Waals surface area contributed by atoms with Crippen molar-refractivity contribution in [1.29, 1.82) is 0 Å². The molecule has 53 heteroatoms. The molecule has 0 aromatic carbocycles. The zero-order chi connectivity index (χ0) is 103. The average Bonchev–Trinajstić information content (AvgIpc) is 0.794. The van der Waals surface area contributed by atoms with Crippen molar-refractivity contribution >= 4 is 113 Å². The van der Waals surface area contributed by atoms with E-state index < -0.39 is 243 Å². The minimum Gasteiger partial charge on any atom is -0.480 e. The van der Waals surface area contributed by atoms with Gasteiger partial charge in [0.15, 0.2) is 55.5 Å². The van der Waals surface area contributed by atoms with Crippen molar-refractivity contribution in [3.63, 3.8) is 0 Å². The molecule has 3 heterocycles. The summed E-state index contributed by atoms with van der Waals surface area (Å²) in [5, 5.41) is 33.8. The van der Waals surface area contributed by atoms with Crippen molar-refractivity contribution in [3.8, 4) is 0 Å². The van der Waals surface area contributed by atoms with E-state index >= 15 is 0 Å². The smallest absolute Gasteiger partial charge is 0.326 e. The molecular weight excluding hydrogens is 1860 g/mol. The van der Waals surface area contributed by atoms with Gasteiger partial charge >= 0.3 is 59.7 Å². The summed E-state index contributed by atoms with van der Waals surface area (Å²) in [4.78, 5) is 237. The monoisotopic (exact) mass is 2000 g/mol. The summed E-state index contributed by atoms with van der Waals surface area (Å²) in [7, 11) is 0. The van der Waals surface area contributed by atoms with E-state index in [-0.39, 0.29) is 209 Å². The maximum Gasteiger partial charge on any atom is 0.326 e. The van der Waals surface area contributed by atoms with Gasteiger partial charge in [0.05, 0.1) is 119 Å². The quantitative estimate of drug-likeness (QED) is 0.0156. The number of unbranched alkanes of at least 4 members (excludes halogenated alkanes) is 3. The Hall–Kier alpha value is -10.7. The van der Waals surface area contributed by atoms with Gasteiger partial charge in [0.2, 0.25) is 53.2 Å². The molecule has 0 spiro atoms. The molecule has 0 radical (unpaired) electrons. The van der Waals surface area contributed by atoms with Gasteiger partial charge in [0.25, 0.3) is 0 Å². The first-order valence-corrected chi connectivity index (χ1v) is 45.3. The first-order valence-electron chi connectivity index (χ1n) is 45.3. The number of carboxylic acids is 1. The first kappa shape index (κ1) is 122. The van der Waals surface area contributed by atoms with Crippen molar-refractivity contribution < 1.29 is 210 Å². The Morgan fingerprint density at radius 2 is 0.511 bits per heavy atom. The Balaban J connectivity index is 1.63. The van der Waals surface area contributed by atoms with Crippen LogP contribution in [0.2, 0.25) is 0 Å². The fourth-order valence-corrected chi connectivity index (χ4v) is 13.6. The third-order valence-electron chi connectivity index (χ3n) is 19.4. The third kappa shape index (κ3) is 55.2. The number of hydrogen-bond donors (Lipinski definition) is 10. The van der Waals surface area contributed by atoms with Crippen LogP contribution in [0, 0.1) is 0 Å². The van der Waals surface area contributed by atoms with Gasteiger partial charge in [-0.2, -0.15) is 0 Å². The van der Waals surface area contributed by atoms with Gasteiger partial charge in [-0.1, -0.05) is 0 Å². The van der Waals surface area contributed by atoms with Crippen molar-refractivity contribution in [3.05, 3.63) is 0 Å². The molecule has 3 aliphatic heterocycles.